The first-order chi connectivity index (χ1) is 11.0. The Hall–Kier alpha value is -1.92. The largest absolute Gasteiger partial charge is 0.475 e. The number of ether oxygens (including phenoxy) is 2. The van der Waals surface area contributed by atoms with Crippen LogP contribution in [0.1, 0.15) is 37.6 Å². The molecule has 0 saturated carbocycles. The van der Waals surface area contributed by atoms with Crippen molar-refractivity contribution < 1.29 is 9.47 Å². The van der Waals surface area contributed by atoms with E-state index in [1.165, 1.54) is 11.3 Å². The standard InChI is InChI=1S/C17H26N4O2/c1-17(2,3)16-14(12-20-21-16)11-18-9-13-5-6-15(19-10-13)23-8-7-22-4/h5-6,10,12,18H,7-9,11H2,1-4H3,(H,20,21). The monoisotopic (exact) mass is 318 g/mol. The van der Waals surface area contributed by atoms with Gasteiger partial charge in [0.05, 0.1) is 12.8 Å². The predicted molar refractivity (Wildman–Crippen MR) is 89.4 cm³/mol. The molecule has 6 heteroatoms. The average molecular weight is 318 g/mol. The number of pyridine rings is 1. The summed E-state index contributed by atoms with van der Waals surface area (Å²) in [7, 11) is 1.65. The van der Waals surface area contributed by atoms with Crippen LogP contribution >= 0.6 is 0 Å². The first-order valence-electron chi connectivity index (χ1n) is 7.81. The van der Waals surface area contributed by atoms with Gasteiger partial charge in [0.1, 0.15) is 6.61 Å². The summed E-state index contributed by atoms with van der Waals surface area (Å²) in [5.41, 5.74) is 3.55. The second-order valence-electron chi connectivity index (χ2n) is 6.47. The van der Waals surface area contributed by atoms with Crippen molar-refractivity contribution in [3.8, 4) is 5.88 Å². The number of hydrogen-bond acceptors (Lipinski definition) is 5. The molecule has 0 aliphatic heterocycles. The molecule has 0 amide bonds. The van der Waals surface area contributed by atoms with E-state index >= 15 is 0 Å². The van der Waals surface area contributed by atoms with Crippen LogP contribution in [0.25, 0.3) is 0 Å². The van der Waals surface area contributed by atoms with Crippen LogP contribution in [-0.4, -0.2) is 35.5 Å². The second-order valence-corrected chi connectivity index (χ2v) is 6.47. The van der Waals surface area contributed by atoms with Gasteiger partial charge in [-0.05, 0) is 5.56 Å². The van der Waals surface area contributed by atoms with Crippen molar-refractivity contribution in [2.45, 2.75) is 39.3 Å². The quantitative estimate of drug-likeness (QED) is 0.731. The van der Waals surface area contributed by atoms with Crippen molar-refractivity contribution >= 4 is 0 Å². The van der Waals surface area contributed by atoms with Crippen molar-refractivity contribution in [3.05, 3.63) is 41.3 Å². The van der Waals surface area contributed by atoms with Crippen molar-refractivity contribution in [1.82, 2.24) is 20.5 Å². The molecule has 0 atom stereocenters. The highest BCUT2D eigenvalue weighted by Crippen LogP contribution is 2.23. The van der Waals surface area contributed by atoms with Gasteiger partial charge in [0.2, 0.25) is 5.88 Å². The topological polar surface area (TPSA) is 72.1 Å². The molecule has 0 fully saturated rings. The van der Waals surface area contributed by atoms with E-state index in [-0.39, 0.29) is 5.41 Å². The summed E-state index contributed by atoms with van der Waals surface area (Å²) < 4.78 is 10.4. The third kappa shape index (κ3) is 5.33. The van der Waals surface area contributed by atoms with E-state index in [2.05, 4.69) is 41.3 Å². The molecule has 2 N–H and O–H groups in total. The molecule has 0 radical (unpaired) electrons. The smallest absolute Gasteiger partial charge is 0.213 e. The minimum atomic E-state index is 0.0657. The zero-order valence-corrected chi connectivity index (χ0v) is 14.3. The van der Waals surface area contributed by atoms with Crippen LogP contribution in [0, 0.1) is 0 Å². The van der Waals surface area contributed by atoms with Crippen LogP contribution in [0.15, 0.2) is 24.5 Å². The van der Waals surface area contributed by atoms with Crippen LogP contribution in [0.3, 0.4) is 0 Å². The van der Waals surface area contributed by atoms with Crippen LogP contribution in [0.2, 0.25) is 0 Å². The molecule has 0 aliphatic carbocycles. The summed E-state index contributed by atoms with van der Waals surface area (Å²) >= 11 is 0. The summed E-state index contributed by atoms with van der Waals surface area (Å²) in [5, 5.41) is 10.7. The Kier molecular flexibility index (Phi) is 6.12. The molecule has 2 aromatic heterocycles. The summed E-state index contributed by atoms with van der Waals surface area (Å²) in [6, 6.07) is 3.90. The van der Waals surface area contributed by atoms with Crippen molar-refractivity contribution in [1.29, 1.82) is 0 Å². The predicted octanol–water partition coefficient (Wildman–Crippen LogP) is 2.42. The summed E-state index contributed by atoms with van der Waals surface area (Å²) in [6.45, 7) is 9.13. The van der Waals surface area contributed by atoms with Crippen molar-refractivity contribution in [2.24, 2.45) is 0 Å². The molecule has 2 heterocycles. The number of nitrogens with zero attached hydrogens (tertiary/aromatic N) is 2. The fraction of sp³-hybridized carbons (Fsp3) is 0.529. The average Bonchev–Trinajstić information content (AvgIpc) is 2.98. The first-order valence-corrected chi connectivity index (χ1v) is 7.81. The Labute approximate surface area is 137 Å². The Balaban J connectivity index is 1.81. The van der Waals surface area contributed by atoms with Crippen LogP contribution in [-0.2, 0) is 23.2 Å². The lowest BCUT2D eigenvalue weighted by Crippen LogP contribution is -2.19. The summed E-state index contributed by atoms with van der Waals surface area (Å²) in [5.74, 6) is 0.621. The molecule has 0 bridgehead atoms. The summed E-state index contributed by atoms with van der Waals surface area (Å²) in [4.78, 5) is 4.29. The van der Waals surface area contributed by atoms with Crippen LogP contribution in [0.4, 0.5) is 0 Å². The van der Waals surface area contributed by atoms with Gasteiger partial charge in [-0.3, -0.25) is 5.10 Å². The highest BCUT2D eigenvalue weighted by atomic mass is 16.5. The number of nitrogens with one attached hydrogen (secondary N) is 2. The first kappa shape index (κ1) is 17.4. The molecule has 0 aliphatic rings. The molecule has 2 rings (SSSR count). The molecule has 0 saturated heterocycles. The molecule has 2 aromatic rings. The van der Waals surface area contributed by atoms with Crippen molar-refractivity contribution in [2.75, 3.05) is 20.3 Å². The van der Waals surface area contributed by atoms with E-state index in [0.717, 1.165) is 18.7 Å². The number of H-pyrrole nitrogens is 1. The van der Waals surface area contributed by atoms with Gasteiger partial charge >= 0.3 is 0 Å². The SMILES string of the molecule is COCCOc1ccc(CNCc2cn[nH]c2C(C)(C)C)cn1. The van der Waals surface area contributed by atoms with Gasteiger partial charge < -0.3 is 14.8 Å². The van der Waals surface area contributed by atoms with Crippen LogP contribution < -0.4 is 10.1 Å². The summed E-state index contributed by atoms with van der Waals surface area (Å²) in [6.07, 6.45) is 3.72. The van der Waals surface area contributed by atoms with Gasteiger partial charge in [-0.25, -0.2) is 4.98 Å². The maximum Gasteiger partial charge on any atom is 0.213 e. The minimum absolute atomic E-state index is 0.0657. The fourth-order valence-electron chi connectivity index (χ4n) is 2.27. The highest BCUT2D eigenvalue weighted by Gasteiger charge is 2.19. The molecule has 23 heavy (non-hydrogen) atoms. The molecule has 0 aromatic carbocycles. The van der Waals surface area contributed by atoms with E-state index in [9.17, 15) is 0 Å². The number of rotatable bonds is 8. The van der Waals surface area contributed by atoms with E-state index in [1.54, 1.807) is 7.11 Å². The van der Waals surface area contributed by atoms with E-state index in [4.69, 9.17) is 9.47 Å². The lowest BCUT2D eigenvalue weighted by Gasteiger charge is -2.18. The lowest BCUT2D eigenvalue weighted by atomic mass is 9.89. The maximum atomic E-state index is 5.45. The van der Waals surface area contributed by atoms with Gasteiger partial charge in [0.15, 0.2) is 0 Å². The zero-order valence-electron chi connectivity index (χ0n) is 14.3. The van der Waals surface area contributed by atoms with Crippen LogP contribution in [0.5, 0.6) is 5.88 Å². The third-order valence-electron chi connectivity index (χ3n) is 3.45. The number of hydrogen-bond donors (Lipinski definition) is 2. The number of aromatic nitrogens is 3. The molecule has 126 valence electrons. The number of methoxy groups -OCH3 is 1. The lowest BCUT2D eigenvalue weighted by molar-refractivity contribution is 0.143. The van der Waals surface area contributed by atoms with Gasteiger partial charge in [0, 0.05) is 49.1 Å². The molecule has 6 nitrogen and oxygen atoms in total. The van der Waals surface area contributed by atoms with E-state index < -0.39 is 0 Å². The highest BCUT2D eigenvalue weighted by molar-refractivity contribution is 5.23. The van der Waals surface area contributed by atoms with Gasteiger partial charge in [-0.15, -0.1) is 0 Å². The zero-order chi connectivity index (χ0) is 16.7. The number of aromatic amines is 1. The molecule has 0 spiro atoms. The molecular weight excluding hydrogens is 292 g/mol. The van der Waals surface area contributed by atoms with Gasteiger partial charge in [-0.1, -0.05) is 26.8 Å². The Morgan fingerprint density at radius 3 is 2.61 bits per heavy atom. The minimum Gasteiger partial charge on any atom is -0.475 e. The third-order valence-corrected chi connectivity index (χ3v) is 3.45. The normalized spacial score (nSPS) is 11.7. The van der Waals surface area contributed by atoms with Gasteiger partial charge in [-0.2, -0.15) is 5.10 Å². The molecular formula is C17H26N4O2. The van der Waals surface area contributed by atoms with Crippen molar-refractivity contribution in [3.63, 3.8) is 0 Å². The van der Waals surface area contributed by atoms with Gasteiger partial charge in [0.25, 0.3) is 0 Å². The maximum absolute atomic E-state index is 5.45. The second kappa shape index (κ2) is 8.08. The Morgan fingerprint density at radius 1 is 1.13 bits per heavy atom. The van der Waals surface area contributed by atoms with E-state index in [1.807, 2.05) is 24.5 Å². The van der Waals surface area contributed by atoms with E-state index in [0.29, 0.717) is 19.1 Å². The molecule has 0 unspecified atom stereocenters. The fourth-order valence-corrected chi connectivity index (χ4v) is 2.27. The Bertz CT molecular complexity index is 587. The Morgan fingerprint density at radius 2 is 1.96 bits per heavy atom.